The zero-order valence-corrected chi connectivity index (χ0v) is 14.2. The predicted octanol–water partition coefficient (Wildman–Crippen LogP) is 3.44. The molecule has 3 nitrogen and oxygen atoms in total. The van der Waals surface area contributed by atoms with Gasteiger partial charge < -0.3 is 10.6 Å². The van der Waals surface area contributed by atoms with Crippen molar-refractivity contribution in [1.29, 1.82) is 0 Å². The van der Waals surface area contributed by atoms with Crippen molar-refractivity contribution in [1.82, 2.24) is 10.6 Å². The Morgan fingerprint density at radius 1 is 1.30 bits per heavy atom. The molecule has 0 aromatic heterocycles. The van der Waals surface area contributed by atoms with Gasteiger partial charge in [-0.15, -0.1) is 24.0 Å². The van der Waals surface area contributed by atoms with Gasteiger partial charge in [0, 0.05) is 19.6 Å². The average Bonchev–Trinajstić information content (AvgIpc) is 2.44. The summed E-state index contributed by atoms with van der Waals surface area (Å²) in [5, 5.41) is 6.67. The van der Waals surface area contributed by atoms with Gasteiger partial charge in [0.25, 0.3) is 0 Å². The van der Waals surface area contributed by atoms with Crippen LogP contribution in [0.5, 0.6) is 0 Å². The molecule has 0 bridgehead atoms. The van der Waals surface area contributed by atoms with E-state index < -0.39 is 0 Å². The maximum Gasteiger partial charge on any atom is 0.191 e. The van der Waals surface area contributed by atoms with Gasteiger partial charge in [-0.25, -0.2) is 4.39 Å². The molecule has 1 aromatic carbocycles. The van der Waals surface area contributed by atoms with Crippen molar-refractivity contribution in [2.24, 2.45) is 4.99 Å². The second-order valence-corrected chi connectivity index (χ2v) is 5.03. The summed E-state index contributed by atoms with van der Waals surface area (Å²) in [6, 6.07) is 7.15. The summed E-state index contributed by atoms with van der Waals surface area (Å²) >= 11 is 0. The summed E-state index contributed by atoms with van der Waals surface area (Å²) < 4.78 is 13.1. The maximum atomic E-state index is 13.1. The molecule has 1 aliphatic rings. The third-order valence-electron chi connectivity index (χ3n) is 3.52. The lowest BCUT2D eigenvalue weighted by molar-refractivity contribution is 0.410. The second kappa shape index (κ2) is 9.15. The molecule has 1 fully saturated rings. The van der Waals surface area contributed by atoms with Crippen LogP contribution in [0, 0.1) is 5.82 Å². The minimum absolute atomic E-state index is 0. The fraction of sp³-hybridized carbons (Fsp3) is 0.533. The molecule has 20 heavy (non-hydrogen) atoms. The van der Waals surface area contributed by atoms with Gasteiger partial charge in [-0.3, -0.25) is 4.99 Å². The van der Waals surface area contributed by atoms with Crippen LogP contribution in [-0.4, -0.2) is 19.0 Å². The average molecular weight is 391 g/mol. The monoisotopic (exact) mass is 391 g/mol. The van der Waals surface area contributed by atoms with E-state index in [0.717, 1.165) is 11.5 Å². The van der Waals surface area contributed by atoms with Gasteiger partial charge in [0.15, 0.2) is 5.96 Å². The zero-order valence-electron chi connectivity index (χ0n) is 11.9. The molecule has 0 spiro atoms. The van der Waals surface area contributed by atoms with Crippen LogP contribution in [0.4, 0.5) is 4.39 Å². The summed E-state index contributed by atoms with van der Waals surface area (Å²) in [6.07, 6.45) is 6.34. The molecule has 0 radical (unpaired) electrons. The molecule has 1 saturated carbocycles. The maximum absolute atomic E-state index is 13.1. The lowest BCUT2D eigenvalue weighted by Gasteiger charge is -2.24. The van der Waals surface area contributed by atoms with Gasteiger partial charge >= 0.3 is 0 Å². The first-order chi connectivity index (χ1) is 9.28. The van der Waals surface area contributed by atoms with E-state index in [4.69, 9.17) is 0 Å². The summed E-state index contributed by atoms with van der Waals surface area (Å²) in [5.41, 5.74) is 0.923. The van der Waals surface area contributed by atoms with E-state index in [0.29, 0.717) is 12.6 Å². The molecule has 1 aliphatic carbocycles. The van der Waals surface area contributed by atoms with Crippen molar-refractivity contribution >= 4 is 29.9 Å². The first kappa shape index (κ1) is 17.2. The molecular weight excluding hydrogens is 368 g/mol. The van der Waals surface area contributed by atoms with E-state index in [1.807, 2.05) is 6.07 Å². The molecule has 5 heteroatoms. The Bertz CT molecular complexity index is 431. The van der Waals surface area contributed by atoms with E-state index in [2.05, 4.69) is 15.6 Å². The highest BCUT2D eigenvalue weighted by Crippen LogP contribution is 2.17. The number of nitrogens with zero attached hydrogens (tertiary/aromatic N) is 1. The van der Waals surface area contributed by atoms with Gasteiger partial charge in [0.1, 0.15) is 5.82 Å². The first-order valence-electron chi connectivity index (χ1n) is 6.99. The lowest BCUT2D eigenvalue weighted by atomic mass is 9.96. The third-order valence-corrected chi connectivity index (χ3v) is 3.52. The molecule has 2 rings (SSSR count). The summed E-state index contributed by atoms with van der Waals surface area (Å²) in [6.45, 7) is 0.587. The van der Waals surface area contributed by atoms with Gasteiger partial charge in [0.05, 0.1) is 0 Å². The number of guanidine groups is 1. The van der Waals surface area contributed by atoms with Crippen LogP contribution in [-0.2, 0) is 6.54 Å². The van der Waals surface area contributed by atoms with Gasteiger partial charge in [-0.2, -0.15) is 0 Å². The van der Waals surface area contributed by atoms with E-state index in [-0.39, 0.29) is 29.8 Å². The second-order valence-electron chi connectivity index (χ2n) is 5.03. The number of hydrogen-bond donors (Lipinski definition) is 2. The van der Waals surface area contributed by atoms with Crippen molar-refractivity contribution in [3.63, 3.8) is 0 Å². The molecule has 0 atom stereocenters. The molecule has 0 unspecified atom stereocenters. The Labute approximate surface area is 137 Å². The quantitative estimate of drug-likeness (QED) is 0.471. The van der Waals surface area contributed by atoms with Crippen LogP contribution in [0.3, 0.4) is 0 Å². The fourth-order valence-corrected chi connectivity index (χ4v) is 2.47. The molecule has 0 amide bonds. The summed E-state index contributed by atoms with van der Waals surface area (Å²) in [4.78, 5) is 4.22. The van der Waals surface area contributed by atoms with Gasteiger partial charge in [0.2, 0.25) is 0 Å². The van der Waals surface area contributed by atoms with Gasteiger partial charge in [-0.05, 0) is 30.5 Å². The van der Waals surface area contributed by atoms with Crippen molar-refractivity contribution in [3.05, 3.63) is 35.6 Å². The Morgan fingerprint density at radius 3 is 2.70 bits per heavy atom. The van der Waals surface area contributed by atoms with Crippen LogP contribution >= 0.6 is 24.0 Å². The van der Waals surface area contributed by atoms with E-state index in [9.17, 15) is 4.39 Å². The largest absolute Gasteiger partial charge is 0.354 e. The number of nitrogens with one attached hydrogen (secondary N) is 2. The number of halogens is 2. The van der Waals surface area contributed by atoms with E-state index >= 15 is 0 Å². The number of aliphatic imine (C=N–C) groups is 1. The van der Waals surface area contributed by atoms with Gasteiger partial charge in [-0.1, -0.05) is 31.4 Å². The van der Waals surface area contributed by atoms with E-state index in [1.165, 1.54) is 38.2 Å². The Kier molecular flexibility index (Phi) is 7.87. The minimum atomic E-state index is -0.200. The number of hydrogen-bond acceptors (Lipinski definition) is 1. The predicted molar refractivity (Wildman–Crippen MR) is 92.0 cm³/mol. The number of benzene rings is 1. The lowest BCUT2D eigenvalue weighted by Crippen LogP contribution is -2.43. The molecule has 0 aliphatic heterocycles. The van der Waals surface area contributed by atoms with Crippen LogP contribution < -0.4 is 10.6 Å². The highest BCUT2D eigenvalue weighted by Gasteiger charge is 2.14. The minimum Gasteiger partial charge on any atom is -0.354 e. The Morgan fingerprint density at radius 2 is 2.05 bits per heavy atom. The molecule has 0 heterocycles. The highest BCUT2D eigenvalue weighted by atomic mass is 127. The first-order valence-corrected chi connectivity index (χ1v) is 6.99. The molecule has 0 saturated heterocycles. The van der Waals surface area contributed by atoms with Crippen molar-refractivity contribution in [2.75, 3.05) is 7.05 Å². The van der Waals surface area contributed by atoms with Crippen molar-refractivity contribution in [2.45, 2.75) is 44.7 Å². The molecule has 2 N–H and O–H groups in total. The normalized spacial score (nSPS) is 16.4. The summed E-state index contributed by atoms with van der Waals surface area (Å²) in [5.74, 6) is 0.602. The standard InChI is InChI=1S/C15H22FN3.HI/c1-17-15(19-14-8-3-2-4-9-14)18-11-12-6-5-7-13(16)10-12;/h5-7,10,14H,2-4,8-9,11H2,1H3,(H2,17,18,19);1H. The van der Waals surface area contributed by atoms with E-state index in [1.54, 1.807) is 19.2 Å². The smallest absolute Gasteiger partial charge is 0.191 e. The van der Waals surface area contributed by atoms with Crippen LogP contribution in [0.15, 0.2) is 29.3 Å². The Hall–Kier alpha value is -0.850. The van der Waals surface area contributed by atoms with Crippen molar-refractivity contribution in [3.8, 4) is 0 Å². The Balaban J connectivity index is 0.00000200. The molecular formula is C15H23FIN3. The fourth-order valence-electron chi connectivity index (χ4n) is 2.47. The topological polar surface area (TPSA) is 36.4 Å². The molecule has 112 valence electrons. The zero-order chi connectivity index (χ0) is 13.5. The third kappa shape index (κ3) is 5.64. The van der Waals surface area contributed by atoms with Crippen LogP contribution in [0.1, 0.15) is 37.7 Å². The SMILES string of the molecule is CN=C(NCc1cccc(F)c1)NC1CCCCC1.I. The number of rotatable bonds is 3. The van der Waals surface area contributed by atoms with Crippen LogP contribution in [0.25, 0.3) is 0 Å². The highest BCUT2D eigenvalue weighted by molar-refractivity contribution is 14.0. The van der Waals surface area contributed by atoms with Crippen LogP contribution in [0.2, 0.25) is 0 Å². The van der Waals surface area contributed by atoms with Crippen molar-refractivity contribution < 1.29 is 4.39 Å². The summed E-state index contributed by atoms with van der Waals surface area (Å²) in [7, 11) is 1.77. The molecule has 1 aromatic rings.